The molecule has 0 aliphatic rings. The van der Waals surface area contributed by atoms with Crippen LogP contribution in [0.25, 0.3) is 0 Å². The molecule has 1 aromatic heterocycles. The highest BCUT2D eigenvalue weighted by Gasteiger charge is 2.15. The van der Waals surface area contributed by atoms with Crippen molar-refractivity contribution < 1.29 is 8.42 Å². The minimum Gasteiger partial charge on any atom is -0.307 e. The van der Waals surface area contributed by atoms with E-state index >= 15 is 0 Å². The third-order valence-corrected chi connectivity index (χ3v) is 4.39. The van der Waals surface area contributed by atoms with Gasteiger partial charge >= 0.3 is 0 Å². The van der Waals surface area contributed by atoms with E-state index in [0.29, 0.717) is 23.7 Å². The van der Waals surface area contributed by atoms with Crippen LogP contribution in [-0.2, 0) is 30.0 Å². The van der Waals surface area contributed by atoms with Crippen molar-refractivity contribution in [1.82, 2.24) is 15.1 Å². The summed E-state index contributed by atoms with van der Waals surface area (Å²) in [5, 5.41) is 7.84. The quantitative estimate of drug-likeness (QED) is 0.913. The number of nitrogens with zero attached hydrogens (tertiary/aromatic N) is 2. The molecule has 0 aliphatic carbocycles. The summed E-state index contributed by atoms with van der Waals surface area (Å²) in [4.78, 5) is 0.263. The number of benzene rings is 1. The van der Waals surface area contributed by atoms with E-state index in [1.54, 1.807) is 22.9 Å². The predicted octanol–water partition coefficient (Wildman–Crippen LogP) is 1.77. The van der Waals surface area contributed by atoms with Crippen LogP contribution >= 0.6 is 11.6 Å². The van der Waals surface area contributed by atoms with Gasteiger partial charge in [-0.25, -0.2) is 8.42 Å². The van der Waals surface area contributed by atoms with E-state index in [-0.39, 0.29) is 4.90 Å². The van der Waals surface area contributed by atoms with Crippen LogP contribution in [0.5, 0.6) is 0 Å². The molecule has 7 heteroatoms. The van der Waals surface area contributed by atoms with E-state index in [4.69, 9.17) is 11.6 Å². The summed E-state index contributed by atoms with van der Waals surface area (Å²) in [5.41, 5.74) is 1.48. The average Bonchev–Trinajstić information content (AvgIpc) is 2.76. The monoisotopic (exact) mass is 313 g/mol. The molecule has 20 heavy (non-hydrogen) atoms. The lowest BCUT2D eigenvalue weighted by molar-refractivity contribution is 0.598. The molecular formula is C13H16ClN3O2S. The van der Waals surface area contributed by atoms with Gasteiger partial charge in [0.15, 0.2) is 9.84 Å². The Balaban J connectivity index is 2.13. The van der Waals surface area contributed by atoms with Crippen molar-refractivity contribution in [3.63, 3.8) is 0 Å². The Morgan fingerprint density at radius 2 is 2.05 bits per heavy atom. The van der Waals surface area contributed by atoms with Crippen molar-refractivity contribution in [1.29, 1.82) is 0 Å². The molecule has 0 radical (unpaired) electrons. The first kappa shape index (κ1) is 15.0. The summed E-state index contributed by atoms with van der Waals surface area (Å²) >= 11 is 6.10. The molecule has 0 aliphatic heterocycles. The van der Waals surface area contributed by atoms with Gasteiger partial charge in [0, 0.05) is 43.2 Å². The Kier molecular flexibility index (Phi) is 4.47. The largest absolute Gasteiger partial charge is 0.307 e. The summed E-state index contributed by atoms with van der Waals surface area (Å²) in [6.07, 6.45) is 3.04. The number of hydrogen-bond acceptors (Lipinski definition) is 4. The summed E-state index contributed by atoms with van der Waals surface area (Å²) in [6, 6.07) is 6.80. The van der Waals surface area contributed by atoms with Gasteiger partial charge < -0.3 is 5.32 Å². The molecule has 0 unspecified atom stereocenters. The van der Waals surface area contributed by atoms with Gasteiger partial charge in [-0.3, -0.25) is 4.68 Å². The molecule has 5 nitrogen and oxygen atoms in total. The normalized spacial score (nSPS) is 11.8. The summed E-state index contributed by atoms with van der Waals surface area (Å²) < 4.78 is 25.2. The fourth-order valence-corrected chi connectivity index (χ4v) is 3.18. The molecule has 1 heterocycles. The zero-order valence-electron chi connectivity index (χ0n) is 11.3. The van der Waals surface area contributed by atoms with Crippen molar-refractivity contribution in [2.75, 3.05) is 6.26 Å². The molecule has 0 atom stereocenters. The van der Waals surface area contributed by atoms with E-state index < -0.39 is 9.84 Å². The molecule has 1 aromatic carbocycles. The number of nitrogens with one attached hydrogen (secondary N) is 1. The first-order valence-corrected chi connectivity index (χ1v) is 8.31. The highest BCUT2D eigenvalue weighted by Crippen LogP contribution is 2.23. The van der Waals surface area contributed by atoms with E-state index in [2.05, 4.69) is 10.4 Å². The van der Waals surface area contributed by atoms with Crippen LogP contribution in [0.1, 0.15) is 11.3 Å². The lowest BCUT2D eigenvalue weighted by Crippen LogP contribution is -2.16. The second kappa shape index (κ2) is 5.95. The number of hydrogen-bond donors (Lipinski definition) is 1. The van der Waals surface area contributed by atoms with Crippen molar-refractivity contribution in [3.8, 4) is 0 Å². The molecule has 108 valence electrons. The minimum absolute atomic E-state index is 0.263. The predicted molar refractivity (Wildman–Crippen MR) is 78.3 cm³/mol. The molecule has 2 rings (SSSR count). The van der Waals surface area contributed by atoms with E-state index in [0.717, 1.165) is 5.69 Å². The van der Waals surface area contributed by atoms with Crippen LogP contribution in [0.3, 0.4) is 0 Å². The van der Waals surface area contributed by atoms with Crippen LogP contribution in [0.2, 0.25) is 5.02 Å². The van der Waals surface area contributed by atoms with Crippen LogP contribution in [0.15, 0.2) is 35.4 Å². The molecule has 0 spiro atoms. The highest BCUT2D eigenvalue weighted by molar-refractivity contribution is 7.90. The van der Waals surface area contributed by atoms with Crippen molar-refractivity contribution in [2.45, 2.75) is 18.0 Å². The number of halogens is 1. The number of aryl methyl sites for hydroxylation is 1. The van der Waals surface area contributed by atoms with Crippen LogP contribution in [0.4, 0.5) is 0 Å². The molecule has 0 fully saturated rings. The van der Waals surface area contributed by atoms with Gasteiger partial charge in [-0.15, -0.1) is 0 Å². The summed E-state index contributed by atoms with van der Waals surface area (Å²) in [6.45, 7) is 0.925. The zero-order chi connectivity index (χ0) is 14.8. The molecule has 0 saturated heterocycles. The SMILES string of the molecule is Cn1ccc(CNCc2c(Cl)cccc2S(C)(=O)=O)n1. The average molecular weight is 314 g/mol. The first-order valence-electron chi connectivity index (χ1n) is 6.04. The van der Waals surface area contributed by atoms with Gasteiger partial charge in [0.2, 0.25) is 0 Å². The second-order valence-corrected chi connectivity index (χ2v) is 6.96. The molecule has 2 aromatic rings. The Labute approximate surface area is 123 Å². The Hall–Kier alpha value is -1.37. The molecule has 1 N–H and O–H groups in total. The molecule has 0 amide bonds. The van der Waals surface area contributed by atoms with Gasteiger partial charge in [0.1, 0.15) is 0 Å². The summed E-state index contributed by atoms with van der Waals surface area (Å²) in [7, 11) is -1.44. The first-order chi connectivity index (χ1) is 9.38. The summed E-state index contributed by atoms with van der Waals surface area (Å²) in [5.74, 6) is 0. The standard InChI is InChI=1S/C13H16ClN3O2S/c1-17-7-6-10(16-17)8-15-9-11-12(14)4-3-5-13(11)20(2,18)19/h3-7,15H,8-9H2,1-2H3. The topological polar surface area (TPSA) is 64.0 Å². The molecular weight excluding hydrogens is 298 g/mol. The van der Waals surface area contributed by atoms with Crippen LogP contribution < -0.4 is 5.32 Å². The molecule has 0 bridgehead atoms. The third kappa shape index (κ3) is 3.59. The minimum atomic E-state index is -3.29. The third-order valence-electron chi connectivity index (χ3n) is 2.85. The van der Waals surface area contributed by atoms with Gasteiger partial charge in [0.25, 0.3) is 0 Å². The number of rotatable bonds is 5. The van der Waals surface area contributed by atoms with Crippen molar-refractivity contribution in [3.05, 3.63) is 46.7 Å². The Bertz CT molecular complexity index is 710. The Morgan fingerprint density at radius 3 is 2.65 bits per heavy atom. The van der Waals surface area contributed by atoms with E-state index in [1.807, 2.05) is 19.3 Å². The second-order valence-electron chi connectivity index (χ2n) is 4.57. The van der Waals surface area contributed by atoms with Crippen molar-refractivity contribution >= 4 is 21.4 Å². The van der Waals surface area contributed by atoms with Gasteiger partial charge in [-0.1, -0.05) is 17.7 Å². The van der Waals surface area contributed by atoms with Crippen molar-refractivity contribution in [2.24, 2.45) is 7.05 Å². The maximum Gasteiger partial charge on any atom is 0.175 e. The fourth-order valence-electron chi connectivity index (χ4n) is 1.93. The van der Waals surface area contributed by atoms with Crippen LogP contribution in [-0.4, -0.2) is 24.5 Å². The smallest absolute Gasteiger partial charge is 0.175 e. The van der Waals surface area contributed by atoms with Gasteiger partial charge in [-0.05, 0) is 18.2 Å². The number of aromatic nitrogens is 2. The van der Waals surface area contributed by atoms with Crippen LogP contribution in [0, 0.1) is 0 Å². The number of sulfone groups is 1. The Morgan fingerprint density at radius 1 is 1.30 bits per heavy atom. The van der Waals surface area contributed by atoms with E-state index in [1.165, 1.54) is 6.26 Å². The highest BCUT2D eigenvalue weighted by atomic mass is 35.5. The van der Waals surface area contributed by atoms with E-state index in [9.17, 15) is 8.42 Å². The lowest BCUT2D eigenvalue weighted by Gasteiger charge is -2.10. The zero-order valence-corrected chi connectivity index (χ0v) is 12.9. The molecule has 0 saturated carbocycles. The maximum absolute atomic E-state index is 11.7. The fraction of sp³-hybridized carbons (Fsp3) is 0.308. The lowest BCUT2D eigenvalue weighted by atomic mass is 10.2. The maximum atomic E-state index is 11.7. The van der Waals surface area contributed by atoms with Gasteiger partial charge in [0.05, 0.1) is 10.6 Å². The van der Waals surface area contributed by atoms with Gasteiger partial charge in [-0.2, -0.15) is 5.10 Å².